The Labute approximate surface area is 84.1 Å². The average molecular weight is 187 g/mol. The van der Waals surface area contributed by atoms with Gasteiger partial charge in [-0.05, 0) is 17.5 Å². The van der Waals surface area contributed by atoms with Crippen molar-refractivity contribution in [3.63, 3.8) is 0 Å². The first kappa shape index (κ1) is 9.08. The molecule has 0 unspecified atom stereocenters. The van der Waals surface area contributed by atoms with Crippen LogP contribution in [-0.4, -0.2) is 6.61 Å². The highest BCUT2D eigenvalue weighted by Crippen LogP contribution is 2.35. The zero-order chi connectivity index (χ0) is 10.1. The molecule has 1 aliphatic heterocycles. The van der Waals surface area contributed by atoms with Crippen molar-refractivity contribution in [1.29, 1.82) is 5.26 Å². The summed E-state index contributed by atoms with van der Waals surface area (Å²) in [5.41, 5.74) is 3.22. The third-order valence-corrected chi connectivity index (χ3v) is 2.64. The molecule has 2 rings (SSSR count). The van der Waals surface area contributed by atoms with Gasteiger partial charge in [0.1, 0.15) is 11.8 Å². The maximum Gasteiger partial charge on any atom is 0.140 e. The smallest absolute Gasteiger partial charge is 0.140 e. The lowest BCUT2D eigenvalue weighted by molar-refractivity contribution is 0.356. The van der Waals surface area contributed by atoms with E-state index in [1.54, 1.807) is 0 Å². The minimum absolute atomic E-state index is 0.498. The zero-order valence-corrected chi connectivity index (χ0v) is 8.50. The maximum atomic E-state index is 8.90. The van der Waals surface area contributed by atoms with Gasteiger partial charge in [-0.2, -0.15) is 5.26 Å². The first-order chi connectivity index (χ1) is 6.74. The Morgan fingerprint density at radius 1 is 1.43 bits per heavy atom. The third kappa shape index (κ3) is 1.26. The lowest BCUT2D eigenvalue weighted by Gasteiger charge is -2.10. The van der Waals surface area contributed by atoms with Gasteiger partial charge in [0.25, 0.3) is 0 Å². The molecule has 0 saturated heterocycles. The molecular formula is C12H13NO. The number of hydrogen-bond acceptors (Lipinski definition) is 2. The summed E-state index contributed by atoms with van der Waals surface area (Å²) in [6.45, 7) is 5.05. The second-order valence-electron chi connectivity index (χ2n) is 3.87. The molecule has 0 saturated carbocycles. The molecule has 0 aliphatic carbocycles. The Hall–Kier alpha value is -1.49. The summed E-state index contributed by atoms with van der Waals surface area (Å²) in [6.07, 6.45) is 0.943. The lowest BCUT2D eigenvalue weighted by atomic mass is 9.94. The van der Waals surface area contributed by atoms with E-state index in [1.165, 1.54) is 11.1 Å². The van der Waals surface area contributed by atoms with Gasteiger partial charge in [-0.15, -0.1) is 0 Å². The van der Waals surface area contributed by atoms with Crippen molar-refractivity contribution in [3.05, 3.63) is 28.8 Å². The molecular weight excluding hydrogens is 174 g/mol. The van der Waals surface area contributed by atoms with Crippen LogP contribution in [0, 0.1) is 11.3 Å². The Kier molecular flexibility index (Phi) is 2.17. The van der Waals surface area contributed by atoms with Crippen molar-refractivity contribution in [2.24, 2.45) is 0 Å². The number of nitriles is 1. The largest absolute Gasteiger partial charge is 0.492 e. The van der Waals surface area contributed by atoms with Crippen molar-refractivity contribution < 1.29 is 4.74 Å². The van der Waals surface area contributed by atoms with E-state index in [0.29, 0.717) is 18.1 Å². The fourth-order valence-electron chi connectivity index (χ4n) is 1.95. The number of ether oxygens (including phenoxy) is 1. The van der Waals surface area contributed by atoms with Gasteiger partial charge in [-0.25, -0.2) is 0 Å². The van der Waals surface area contributed by atoms with Crippen LogP contribution in [-0.2, 0) is 6.42 Å². The van der Waals surface area contributed by atoms with Gasteiger partial charge in [0.15, 0.2) is 0 Å². The third-order valence-electron chi connectivity index (χ3n) is 2.64. The van der Waals surface area contributed by atoms with E-state index in [1.807, 2.05) is 6.07 Å². The van der Waals surface area contributed by atoms with E-state index < -0.39 is 0 Å². The summed E-state index contributed by atoms with van der Waals surface area (Å²) in [7, 11) is 0. The number of hydrogen-bond donors (Lipinski definition) is 0. The van der Waals surface area contributed by atoms with Gasteiger partial charge >= 0.3 is 0 Å². The van der Waals surface area contributed by atoms with Gasteiger partial charge in [0.2, 0.25) is 0 Å². The first-order valence-corrected chi connectivity index (χ1v) is 4.92. The molecule has 2 nitrogen and oxygen atoms in total. The van der Waals surface area contributed by atoms with Crippen LogP contribution in [0.15, 0.2) is 12.1 Å². The van der Waals surface area contributed by atoms with Crippen molar-refractivity contribution in [2.75, 3.05) is 6.61 Å². The van der Waals surface area contributed by atoms with Crippen LogP contribution in [0.1, 0.15) is 36.5 Å². The second kappa shape index (κ2) is 3.34. The lowest BCUT2D eigenvalue weighted by Crippen LogP contribution is -1.94. The molecule has 0 bridgehead atoms. The highest BCUT2D eigenvalue weighted by Gasteiger charge is 2.20. The van der Waals surface area contributed by atoms with E-state index in [2.05, 4.69) is 26.0 Å². The number of benzene rings is 1. The second-order valence-corrected chi connectivity index (χ2v) is 3.87. The van der Waals surface area contributed by atoms with Gasteiger partial charge in [0, 0.05) is 12.0 Å². The summed E-state index contributed by atoms with van der Waals surface area (Å²) in [5, 5.41) is 8.90. The van der Waals surface area contributed by atoms with Crippen molar-refractivity contribution in [3.8, 4) is 11.8 Å². The molecule has 0 atom stereocenters. The molecule has 1 heterocycles. The SMILES string of the molecule is CC(C)c1ccc(C#N)c2c1CCO2. The van der Waals surface area contributed by atoms with Crippen LogP contribution >= 0.6 is 0 Å². The fourth-order valence-corrected chi connectivity index (χ4v) is 1.95. The van der Waals surface area contributed by atoms with Crippen LogP contribution in [0.25, 0.3) is 0 Å². The van der Waals surface area contributed by atoms with Crippen LogP contribution in [0.5, 0.6) is 5.75 Å². The minimum atomic E-state index is 0.498. The first-order valence-electron chi connectivity index (χ1n) is 4.92. The highest BCUT2D eigenvalue weighted by molar-refractivity contribution is 5.54. The normalized spacial score (nSPS) is 13.6. The molecule has 1 aliphatic rings. The molecule has 72 valence electrons. The molecule has 14 heavy (non-hydrogen) atoms. The summed E-state index contributed by atoms with van der Waals surface area (Å²) in [5.74, 6) is 1.32. The van der Waals surface area contributed by atoms with E-state index in [4.69, 9.17) is 10.00 Å². The van der Waals surface area contributed by atoms with E-state index in [0.717, 1.165) is 12.2 Å². The predicted octanol–water partition coefficient (Wildman–Crippen LogP) is 2.62. The van der Waals surface area contributed by atoms with E-state index in [-0.39, 0.29) is 0 Å². The number of fused-ring (bicyclic) bond motifs is 1. The molecule has 0 amide bonds. The molecule has 0 radical (unpaired) electrons. The van der Waals surface area contributed by atoms with Crippen LogP contribution in [0.2, 0.25) is 0 Å². The van der Waals surface area contributed by atoms with Crippen LogP contribution in [0.3, 0.4) is 0 Å². The number of nitrogens with zero attached hydrogens (tertiary/aromatic N) is 1. The zero-order valence-electron chi connectivity index (χ0n) is 8.50. The summed E-state index contributed by atoms with van der Waals surface area (Å²) in [4.78, 5) is 0. The summed E-state index contributed by atoms with van der Waals surface area (Å²) in [6, 6.07) is 6.08. The summed E-state index contributed by atoms with van der Waals surface area (Å²) < 4.78 is 5.49. The van der Waals surface area contributed by atoms with Gasteiger partial charge < -0.3 is 4.74 Å². The van der Waals surface area contributed by atoms with Gasteiger partial charge in [-0.3, -0.25) is 0 Å². The van der Waals surface area contributed by atoms with Crippen molar-refractivity contribution in [1.82, 2.24) is 0 Å². The standard InChI is InChI=1S/C12H13NO/c1-8(2)10-4-3-9(7-13)12-11(10)5-6-14-12/h3-4,8H,5-6H2,1-2H3. The Balaban J connectivity index is 2.60. The molecule has 2 heteroatoms. The highest BCUT2D eigenvalue weighted by atomic mass is 16.5. The van der Waals surface area contributed by atoms with Crippen molar-refractivity contribution >= 4 is 0 Å². The quantitative estimate of drug-likeness (QED) is 0.677. The minimum Gasteiger partial charge on any atom is -0.492 e. The maximum absolute atomic E-state index is 8.90. The topological polar surface area (TPSA) is 33.0 Å². The molecule has 0 fully saturated rings. The van der Waals surface area contributed by atoms with Crippen LogP contribution in [0.4, 0.5) is 0 Å². The van der Waals surface area contributed by atoms with Crippen molar-refractivity contribution in [2.45, 2.75) is 26.2 Å². The Morgan fingerprint density at radius 3 is 2.86 bits per heavy atom. The monoisotopic (exact) mass is 187 g/mol. The molecule has 1 aromatic carbocycles. The van der Waals surface area contributed by atoms with E-state index >= 15 is 0 Å². The van der Waals surface area contributed by atoms with Gasteiger partial charge in [-0.1, -0.05) is 19.9 Å². The summed E-state index contributed by atoms with van der Waals surface area (Å²) >= 11 is 0. The molecule has 0 N–H and O–H groups in total. The molecule has 0 aromatic heterocycles. The Morgan fingerprint density at radius 2 is 2.21 bits per heavy atom. The Bertz CT molecular complexity index is 402. The average Bonchev–Trinajstić information content (AvgIpc) is 2.64. The molecule has 0 spiro atoms. The van der Waals surface area contributed by atoms with Crippen LogP contribution < -0.4 is 4.74 Å². The molecule has 1 aromatic rings. The van der Waals surface area contributed by atoms with Gasteiger partial charge in [0.05, 0.1) is 12.2 Å². The van der Waals surface area contributed by atoms with E-state index in [9.17, 15) is 0 Å². The fraction of sp³-hybridized carbons (Fsp3) is 0.417. The number of rotatable bonds is 1. The predicted molar refractivity (Wildman–Crippen MR) is 54.4 cm³/mol.